The zero-order chi connectivity index (χ0) is 16.1. The number of phenols is 2. The zero-order valence-electron chi connectivity index (χ0n) is 12.7. The Hall–Kier alpha value is -2.24. The van der Waals surface area contributed by atoms with E-state index in [4.69, 9.17) is 4.74 Å². The molecule has 0 aliphatic carbocycles. The summed E-state index contributed by atoms with van der Waals surface area (Å²) in [6, 6.07) is 10.2. The van der Waals surface area contributed by atoms with Crippen molar-refractivity contribution in [1.82, 2.24) is 5.32 Å². The predicted molar refractivity (Wildman–Crippen MR) is 84.5 cm³/mol. The predicted octanol–water partition coefficient (Wildman–Crippen LogP) is 1.95. The van der Waals surface area contributed by atoms with Crippen molar-refractivity contribution in [2.24, 2.45) is 0 Å². The molecule has 0 unspecified atom stereocenters. The van der Waals surface area contributed by atoms with Crippen molar-refractivity contribution in [3.63, 3.8) is 0 Å². The number of aliphatic hydroxyl groups excluding tert-OH is 1. The highest BCUT2D eigenvalue weighted by atomic mass is 16.5. The molecule has 0 saturated heterocycles. The SMILES string of the molecule is CNC[C@H](c1ccc(O)cc1)c1cc(OC)c(O)cc1CO. The Balaban J connectivity index is 2.54. The Morgan fingerprint density at radius 1 is 1.14 bits per heavy atom. The summed E-state index contributed by atoms with van der Waals surface area (Å²) < 4.78 is 5.18. The number of ether oxygens (including phenoxy) is 1. The number of methoxy groups -OCH3 is 1. The van der Waals surface area contributed by atoms with Crippen LogP contribution in [0.2, 0.25) is 0 Å². The number of hydrogen-bond acceptors (Lipinski definition) is 5. The summed E-state index contributed by atoms with van der Waals surface area (Å²) in [6.45, 7) is 0.469. The molecule has 22 heavy (non-hydrogen) atoms. The second-order valence-electron chi connectivity index (χ2n) is 5.08. The van der Waals surface area contributed by atoms with Gasteiger partial charge in [0, 0.05) is 12.5 Å². The van der Waals surface area contributed by atoms with Gasteiger partial charge in [-0.05, 0) is 48.0 Å². The van der Waals surface area contributed by atoms with E-state index in [1.165, 1.54) is 13.2 Å². The van der Waals surface area contributed by atoms with Crippen LogP contribution >= 0.6 is 0 Å². The average Bonchev–Trinajstić information content (AvgIpc) is 2.53. The van der Waals surface area contributed by atoms with Crippen LogP contribution in [0.4, 0.5) is 0 Å². The van der Waals surface area contributed by atoms with Gasteiger partial charge in [-0.1, -0.05) is 12.1 Å². The third kappa shape index (κ3) is 3.32. The van der Waals surface area contributed by atoms with Crippen LogP contribution in [0.5, 0.6) is 17.2 Å². The summed E-state index contributed by atoms with van der Waals surface area (Å²) in [6.07, 6.45) is 0. The third-order valence-corrected chi connectivity index (χ3v) is 3.69. The molecule has 0 radical (unpaired) electrons. The molecule has 0 aliphatic heterocycles. The van der Waals surface area contributed by atoms with Crippen molar-refractivity contribution in [1.29, 1.82) is 0 Å². The lowest BCUT2D eigenvalue weighted by Crippen LogP contribution is -2.19. The van der Waals surface area contributed by atoms with Gasteiger partial charge in [-0.25, -0.2) is 0 Å². The maximum Gasteiger partial charge on any atom is 0.160 e. The van der Waals surface area contributed by atoms with Crippen molar-refractivity contribution in [3.8, 4) is 17.2 Å². The fourth-order valence-corrected chi connectivity index (χ4v) is 2.57. The van der Waals surface area contributed by atoms with Crippen LogP contribution in [0.1, 0.15) is 22.6 Å². The fourth-order valence-electron chi connectivity index (χ4n) is 2.57. The molecule has 0 aliphatic rings. The molecule has 0 spiro atoms. The van der Waals surface area contributed by atoms with Crippen LogP contribution in [0.15, 0.2) is 36.4 Å². The molecule has 2 aromatic rings. The van der Waals surface area contributed by atoms with Crippen molar-refractivity contribution in [2.75, 3.05) is 20.7 Å². The maximum atomic E-state index is 9.88. The molecule has 0 heterocycles. The summed E-state index contributed by atoms with van der Waals surface area (Å²) in [5.41, 5.74) is 2.51. The molecule has 0 amide bonds. The first-order valence-electron chi connectivity index (χ1n) is 7.04. The van der Waals surface area contributed by atoms with Crippen LogP contribution in [-0.4, -0.2) is 36.0 Å². The molecule has 0 saturated carbocycles. The number of aliphatic hydroxyl groups is 1. The van der Waals surface area contributed by atoms with Crippen LogP contribution in [0.25, 0.3) is 0 Å². The van der Waals surface area contributed by atoms with Gasteiger partial charge in [0.15, 0.2) is 11.5 Å². The van der Waals surface area contributed by atoms with Crippen molar-refractivity contribution in [3.05, 3.63) is 53.1 Å². The largest absolute Gasteiger partial charge is 0.508 e. The van der Waals surface area contributed by atoms with Gasteiger partial charge in [0.25, 0.3) is 0 Å². The van der Waals surface area contributed by atoms with Gasteiger partial charge in [-0.2, -0.15) is 0 Å². The second-order valence-corrected chi connectivity index (χ2v) is 5.08. The van der Waals surface area contributed by atoms with E-state index >= 15 is 0 Å². The summed E-state index contributed by atoms with van der Waals surface area (Å²) >= 11 is 0. The number of rotatable bonds is 6. The smallest absolute Gasteiger partial charge is 0.160 e. The molecule has 5 heteroatoms. The van der Waals surface area contributed by atoms with Gasteiger partial charge in [-0.3, -0.25) is 0 Å². The van der Waals surface area contributed by atoms with E-state index in [0.717, 1.165) is 11.1 Å². The molecule has 0 bridgehead atoms. The summed E-state index contributed by atoms with van der Waals surface area (Å²) in [7, 11) is 3.34. The molecular weight excluding hydrogens is 282 g/mol. The minimum atomic E-state index is -0.175. The Morgan fingerprint density at radius 2 is 1.82 bits per heavy atom. The number of nitrogens with one attached hydrogen (secondary N) is 1. The third-order valence-electron chi connectivity index (χ3n) is 3.69. The van der Waals surface area contributed by atoms with Gasteiger partial charge in [-0.15, -0.1) is 0 Å². The molecule has 5 nitrogen and oxygen atoms in total. The molecule has 1 atom stereocenters. The summed E-state index contributed by atoms with van der Waals surface area (Å²) in [4.78, 5) is 0. The normalized spacial score (nSPS) is 12.1. The lowest BCUT2D eigenvalue weighted by molar-refractivity contribution is 0.278. The zero-order valence-corrected chi connectivity index (χ0v) is 12.7. The van der Waals surface area contributed by atoms with E-state index in [-0.39, 0.29) is 24.0 Å². The Labute approximate surface area is 129 Å². The van der Waals surface area contributed by atoms with Gasteiger partial charge in [0.2, 0.25) is 0 Å². The highest BCUT2D eigenvalue weighted by Crippen LogP contribution is 2.36. The van der Waals surface area contributed by atoms with E-state index in [2.05, 4.69) is 5.32 Å². The quantitative estimate of drug-likeness (QED) is 0.656. The number of likely N-dealkylation sites (N-methyl/N-ethyl adjacent to an activating group) is 1. The monoisotopic (exact) mass is 303 g/mol. The van der Waals surface area contributed by atoms with E-state index in [0.29, 0.717) is 17.9 Å². The summed E-state index contributed by atoms with van der Waals surface area (Å²) in [5, 5.41) is 32.1. The number of aromatic hydroxyl groups is 2. The molecule has 4 N–H and O–H groups in total. The molecule has 118 valence electrons. The number of hydrogen-bond donors (Lipinski definition) is 4. The number of phenolic OH excluding ortho intramolecular Hbond substituents is 2. The maximum absolute atomic E-state index is 9.88. The minimum absolute atomic E-state index is 0.00390. The van der Waals surface area contributed by atoms with Gasteiger partial charge in [0.05, 0.1) is 13.7 Å². The van der Waals surface area contributed by atoms with E-state index < -0.39 is 0 Å². The first-order valence-corrected chi connectivity index (χ1v) is 7.04. The standard InChI is InChI=1S/C17H21NO4/c1-18-9-15(11-3-5-13(20)6-4-11)14-8-17(22-2)16(21)7-12(14)10-19/h3-8,15,18-21H,9-10H2,1-2H3/t15-/m1/s1. The molecule has 2 rings (SSSR count). The Morgan fingerprint density at radius 3 is 2.36 bits per heavy atom. The van der Waals surface area contributed by atoms with Crippen LogP contribution < -0.4 is 10.1 Å². The van der Waals surface area contributed by atoms with Gasteiger partial charge >= 0.3 is 0 Å². The molecular formula is C17H21NO4. The molecule has 0 aromatic heterocycles. The molecule has 0 fully saturated rings. The van der Waals surface area contributed by atoms with Gasteiger partial charge in [0.1, 0.15) is 5.75 Å². The van der Waals surface area contributed by atoms with Crippen LogP contribution in [0.3, 0.4) is 0 Å². The average molecular weight is 303 g/mol. The number of benzene rings is 2. The lowest BCUT2D eigenvalue weighted by atomic mass is 9.87. The highest BCUT2D eigenvalue weighted by molar-refractivity contribution is 5.50. The molecule has 2 aromatic carbocycles. The van der Waals surface area contributed by atoms with Crippen molar-refractivity contribution < 1.29 is 20.1 Å². The topological polar surface area (TPSA) is 82.0 Å². The van der Waals surface area contributed by atoms with E-state index in [9.17, 15) is 15.3 Å². The Bertz CT molecular complexity index is 625. The van der Waals surface area contributed by atoms with E-state index in [1.54, 1.807) is 18.2 Å². The fraction of sp³-hybridized carbons (Fsp3) is 0.294. The minimum Gasteiger partial charge on any atom is -0.508 e. The Kier molecular flexibility index (Phi) is 5.25. The van der Waals surface area contributed by atoms with Gasteiger partial charge < -0.3 is 25.4 Å². The van der Waals surface area contributed by atoms with Crippen LogP contribution in [0, 0.1) is 0 Å². The van der Waals surface area contributed by atoms with Crippen molar-refractivity contribution in [2.45, 2.75) is 12.5 Å². The highest BCUT2D eigenvalue weighted by Gasteiger charge is 2.19. The van der Waals surface area contributed by atoms with Crippen molar-refractivity contribution >= 4 is 0 Å². The first-order chi connectivity index (χ1) is 10.6. The first kappa shape index (κ1) is 16.1. The van der Waals surface area contributed by atoms with Crippen LogP contribution in [-0.2, 0) is 6.61 Å². The summed E-state index contributed by atoms with van der Waals surface area (Å²) in [5.74, 6) is 0.538. The van der Waals surface area contributed by atoms with E-state index in [1.807, 2.05) is 19.2 Å². The lowest BCUT2D eigenvalue weighted by Gasteiger charge is -2.22. The second kappa shape index (κ2) is 7.15.